The minimum Gasteiger partial charge on any atom is -0.443 e. The number of carbonyl (C=O) groups is 2. The largest absolute Gasteiger partial charge is 0.443 e. The minimum absolute atomic E-state index is 0.0838. The van der Waals surface area contributed by atoms with Crippen molar-refractivity contribution in [3.63, 3.8) is 0 Å². The molecule has 2 amide bonds. The number of nitriles is 1. The highest BCUT2D eigenvalue weighted by atomic mass is 16.6. The highest BCUT2D eigenvalue weighted by molar-refractivity contribution is 6.13. The van der Waals surface area contributed by atoms with Crippen LogP contribution in [0.1, 0.15) is 47.1 Å². The maximum atomic E-state index is 12.8. The van der Waals surface area contributed by atoms with Crippen molar-refractivity contribution in [2.75, 3.05) is 4.90 Å². The van der Waals surface area contributed by atoms with E-state index in [1.54, 1.807) is 65.8 Å². The van der Waals surface area contributed by atoms with Gasteiger partial charge in [-0.15, -0.1) is 0 Å². The Hall–Kier alpha value is -3.14. The third kappa shape index (κ3) is 5.17. The number of amides is 2. The molecule has 0 bridgehead atoms. The average Bonchev–Trinajstić information content (AvgIpc) is 2.51. The van der Waals surface area contributed by atoms with Crippen molar-refractivity contribution in [1.82, 2.24) is 4.98 Å². The Bertz CT molecular complexity index is 889. The first-order chi connectivity index (χ1) is 12.4. The van der Waals surface area contributed by atoms with E-state index in [2.05, 4.69) is 11.1 Å². The van der Waals surface area contributed by atoms with Gasteiger partial charge >= 0.3 is 12.2 Å². The Kier molecular flexibility index (Phi) is 5.41. The molecule has 0 spiro atoms. The molecule has 0 aliphatic heterocycles. The summed E-state index contributed by atoms with van der Waals surface area (Å²) in [6.07, 6.45) is -0.317. The second kappa shape index (κ2) is 7.23. The molecule has 1 aromatic carbocycles. The smallest absolute Gasteiger partial charge is 0.425 e. The van der Waals surface area contributed by atoms with Gasteiger partial charge in [0, 0.05) is 11.6 Å². The molecule has 142 valence electrons. The van der Waals surface area contributed by atoms with E-state index in [1.807, 2.05) is 0 Å². The van der Waals surface area contributed by atoms with Gasteiger partial charge in [0.2, 0.25) is 0 Å². The number of rotatable bonds is 1. The van der Waals surface area contributed by atoms with Crippen LogP contribution < -0.4 is 4.90 Å². The zero-order valence-electron chi connectivity index (χ0n) is 16.4. The van der Waals surface area contributed by atoms with E-state index >= 15 is 0 Å². The van der Waals surface area contributed by atoms with Crippen LogP contribution in [-0.2, 0) is 9.47 Å². The molecule has 7 nitrogen and oxygen atoms in total. The molecule has 27 heavy (non-hydrogen) atoms. The Morgan fingerprint density at radius 1 is 1.00 bits per heavy atom. The summed E-state index contributed by atoms with van der Waals surface area (Å²) >= 11 is 0. The van der Waals surface area contributed by atoms with E-state index in [9.17, 15) is 9.59 Å². The van der Waals surface area contributed by atoms with Gasteiger partial charge in [-0.05, 0) is 71.2 Å². The SMILES string of the molecule is CC(C)(C)OC(=O)N(C(=O)OC(C)(C)C)c1nccc2cc(C#N)ccc12. The normalized spacial score (nSPS) is 11.6. The first-order valence-electron chi connectivity index (χ1n) is 8.46. The fraction of sp³-hybridized carbons (Fsp3) is 0.400. The van der Waals surface area contributed by atoms with Crippen LogP contribution >= 0.6 is 0 Å². The lowest BCUT2D eigenvalue weighted by Crippen LogP contribution is -2.44. The van der Waals surface area contributed by atoms with Crippen LogP contribution in [0.5, 0.6) is 0 Å². The van der Waals surface area contributed by atoms with Gasteiger partial charge in [0.05, 0.1) is 11.6 Å². The summed E-state index contributed by atoms with van der Waals surface area (Å²) in [4.78, 5) is 30.5. The molecule has 2 rings (SSSR count). The molecule has 0 aliphatic carbocycles. The van der Waals surface area contributed by atoms with Crippen LogP contribution in [0.2, 0.25) is 0 Å². The molecule has 2 aromatic rings. The summed E-state index contributed by atoms with van der Waals surface area (Å²) in [7, 11) is 0. The van der Waals surface area contributed by atoms with Crippen molar-refractivity contribution in [3.05, 3.63) is 36.0 Å². The molecule has 0 aliphatic rings. The molecule has 0 saturated heterocycles. The number of ether oxygens (including phenoxy) is 2. The lowest BCUT2D eigenvalue weighted by molar-refractivity contribution is 0.0429. The number of nitrogens with zero attached hydrogens (tertiary/aromatic N) is 3. The van der Waals surface area contributed by atoms with Crippen molar-refractivity contribution in [1.29, 1.82) is 5.26 Å². The number of hydrogen-bond donors (Lipinski definition) is 0. The van der Waals surface area contributed by atoms with E-state index in [4.69, 9.17) is 14.7 Å². The number of carbonyl (C=O) groups excluding carboxylic acids is 2. The second-order valence-electron chi connectivity index (χ2n) is 7.98. The average molecular weight is 369 g/mol. The highest BCUT2D eigenvalue weighted by Gasteiger charge is 2.34. The number of pyridine rings is 1. The van der Waals surface area contributed by atoms with Gasteiger partial charge in [0.15, 0.2) is 5.82 Å². The molecule has 0 radical (unpaired) electrons. The highest BCUT2D eigenvalue weighted by Crippen LogP contribution is 2.28. The molecule has 7 heteroatoms. The van der Waals surface area contributed by atoms with Gasteiger partial charge in [0.25, 0.3) is 0 Å². The number of benzene rings is 1. The number of hydrogen-bond acceptors (Lipinski definition) is 6. The predicted molar refractivity (Wildman–Crippen MR) is 101 cm³/mol. The first-order valence-corrected chi connectivity index (χ1v) is 8.46. The van der Waals surface area contributed by atoms with Crippen LogP contribution in [0, 0.1) is 11.3 Å². The molecule has 1 heterocycles. The molecule has 0 saturated carbocycles. The fourth-order valence-electron chi connectivity index (χ4n) is 2.27. The molecular weight excluding hydrogens is 346 g/mol. The maximum absolute atomic E-state index is 12.8. The van der Waals surface area contributed by atoms with Crippen molar-refractivity contribution < 1.29 is 19.1 Å². The lowest BCUT2D eigenvalue weighted by atomic mass is 10.1. The van der Waals surface area contributed by atoms with Gasteiger partial charge in [-0.1, -0.05) is 0 Å². The second-order valence-corrected chi connectivity index (χ2v) is 7.98. The van der Waals surface area contributed by atoms with Crippen molar-refractivity contribution in [2.24, 2.45) is 0 Å². The topological polar surface area (TPSA) is 92.5 Å². The van der Waals surface area contributed by atoms with Crippen molar-refractivity contribution in [2.45, 2.75) is 52.7 Å². The van der Waals surface area contributed by atoms with E-state index in [1.165, 1.54) is 6.20 Å². The zero-order chi connectivity index (χ0) is 20.4. The monoisotopic (exact) mass is 369 g/mol. The van der Waals surface area contributed by atoms with Crippen LogP contribution in [0.4, 0.5) is 15.4 Å². The number of anilines is 1. The third-order valence-corrected chi connectivity index (χ3v) is 3.24. The van der Waals surface area contributed by atoms with Crippen molar-refractivity contribution >= 4 is 28.8 Å². The Labute approximate surface area is 158 Å². The maximum Gasteiger partial charge on any atom is 0.425 e. The predicted octanol–water partition coefficient (Wildman–Crippen LogP) is 4.78. The Morgan fingerprint density at radius 2 is 1.56 bits per heavy atom. The zero-order valence-corrected chi connectivity index (χ0v) is 16.4. The Balaban J connectivity index is 2.59. The first kappa shape index (κ1) is 20.2. The van der Waals surface area contributed by atoms with Crippen LogP contribution in [0.15, 0.2) is 30.5 Å². The van der Waals surface area contributed by atoms with Gasteiger partial charge < -0.3 is 9.47 Å². The number of fused-ring (bicyclic) bond motifs is 1. The fourth-order valence-corrected chi connectivity index (χ4v) is 2.27. The summed E-state index contributed by atoms with van der Waals surface area (Å²) in [5, 5.41) is 10.3. The Morgan fingerprint density at radius 3 is 2.04 bits per heavy atom. The third-order valence-electron chi connectivity index (χ3n) is 3.24. The molecule has 0 unspecified atom stereocenters. The quantitative estimate of drug-likeness (QED) is 0.718. The van der Waals surface area contributed by atoms with E-state index in [0.717, 1.165) is 4.90 Å². The van der Waals surface area contributed by atoms with Gasteiger partial charge in [-0.2, -0.15) is 10.2 Å². The van der Waals surface area contributed by atoms with Crippen LogP contribution in [0.25, 0.3) is 10.8 Å². The van der Waals surface area contributed by atoms with E-state index in [0.29, 0.717) is 16.3 Å². The standard InChI is InChI=1S/C20H23N3O4/c1-19(2,3)26-17(24)23(18(25)27-20(4,5)6)16-15-8-7-13(12-21)11-14(15)9-10-22-16/h7-11H,1-6H3. The number of imide groups is 1. The molecule has 0 fully saturated rings. The molecule has 0 N–H and O–H groups in total. The van der Waals surface area contributed by atoms with Crippen molar-refractivity contribution in [3.8, 4) is 6.07 Å². The minimum atomic E-state index is -0.888. The van der Waals surface area contributed by atoms with Crippen LogP contribution in [0.3, 0.4) is 0 Å². The van der Waals surface area contributed by atoms with Gasteiger partial charge in [0.1, 0.15) is 11.2 Å². The lowest BCUT2D eigenvalue weighted by Gasteiger charge is -2.28. The van der Waals surface area contributed by atoms with E-state index < -0.39 is 23.4 Å². The van der Waals surface area contributed by atoms with Gasteiger partial charge in [-0.25, -0.2) is 14.6 Å². The van der Waals surface area contributed by atoms with E-state index in [-0.39, 0.29) is 5.82 Å². The molecule has 0 atom stereocenters. The summed E-state index contributed by atoms with van der Waals surface area (Å²) in [5.41, 5.74) is -1.16. The van der Waals surface area contributed by atoms with Gasteiger partial charge in [-0.3, -0.25) is 0 Å². The summed E-state index contributed by atoms with van der Waals surface area (Å²) in [5.74, 6) is 0.0838. The number of aromatic nitrogens is 1. The summed E-state index contributed by atoms with van der Waals surface area (Å²) in [6, 6.07) is 8.64. The van der Waals surface area contributed by atoms with Crippen LogP contribution in [-0.4, -0.2) is 28.4 Å². The summed E-state index contributed by atoms with van der Waals surface area (Å²) < 4.78 is 10.8. The molecule has 1 aromatic heterocycles. The summed E-state index contributed by atoms with van der Waals surface area (Å²) in [6.45, 7) is 10.2. The molecular formula is C20H23N3O4.